The average Bonchev–Trinajstić information content (AvgIpc) is 2.92. The first-order valence-electron chi connectivity index (χ1n) is 9.37. The SMILES string of the molecule is CCC(C)Sc1ccc(NC(=O)c2ccc3c(c2)OCCCO3)c(C(F)(F)F)c1. The predicted octanol–water partition coefficient (Wildman–Crippen LogP) is 6.01. The van der Waals surface area contributed by atoms with Gasteiger partial charge in [0, 0.05) is 22.1 Å². The van der Waals surface area contributed by atoms with Gasteiger partial charge in [-0.3, -0.25) is 4.79 Å². The number of hydrogen-bond acceptors (Lipinski definition) is 4. The molecule has 2 aromatic rings. The van der Waals surface area contributed by atoms with E-state index in [1.165, 1.54) is 30.0 Å². The number of thioether (sulfide) groups is 1. The van der Waals surface area contributed by atoms with Crippen LogP contribution in [0.3, 0.4) is 0 Å². The summed E-state index contributed by atoms with van der Waals surface area (Å²) in [7, 11) is 0. The van der Waals surface area contributed by atoms with E-state index in [2.05, 4.69) is 5.32 Å². The van der Waals surface area contributed by atoms with Gasteiger partial charge in [-0.2, -0.15) is 13.2 Å². The molecular formula is C21H22F3NO3S. The smallest absolute Gasteiger partial charge is 0.418 e. The molecule has 0 fully saturated rings. The van der Waals surface area contributed by atoms with Crippen LogP contribution in [0.25, 0.3) is 0 Å². The maximum Gasteiger partial charge on any atom is 0.418 e. The van der Waals surface area contributed by atoms with E-state index in [0.717, 1.165) is 12.5 Å². The molecule has 0 aliphatic carbocycles. The number of nitrogens with one attached hydrogen (secondary N) is 1. The molecule has 0 spiro atoms. The van der Waals surface area contributed by atoms with Crippen molar-refractivity contribution in [3.8, 4) is 11.5 Å². The molecule has 4 nitrogen and oxygen atoms in total. The van der Waals surface area contributed by atoms with E-state index >= 15 is 0 Å². The number of alkyl halides is 3. The molecule has 1 amide bonds. The van der Waals surface area contributed by atoms with Crippen molar-refractivity contribution in [1.29, 1.82) is 0 Å². The molecule has 3 rings (SSSR count). The van der Waals surface area contributed by atoms with Crippen molar-refractivity contribution in [2.45, 2.75) is 43.0 Å². The number of ether oxygens (including phenoxy) is 2. The molecule has 0 saturated heterocycles. The number of fused-ring (bicyclic) bond motifs is 1. The van der Waals surface area contributed by atoms with Crippen LogP contribution in [0.4, 0.5) is 18.9 Å². The molecule has 1 heterocycles. The van der Waals surface area contributed by atoms with Gasteiger partial charge in [0.25, 0.3) is 5.91 Å². The second-order valence-corrected chi connectivity index (χ2v) is 8.22. The zero-order valence-electron chi connectivity index (χ0n) is 16.1. The summed E-state index contributed by atoms with van der Waals surface area (Å²) in [4.78, 5) is 13.1. The van der Waals surface area contributed by atoms with Crippen molar-refractivity contribution < 1.29 is 27.4 Å². The molecule has 0 saturated carbocycles. The molecule has 0 bridgehead atoms. The summed E-state index contributed by atoms with van der Waals surface area (Å²) in [5.74, 6) is 0.279. The summed E-state index contributed by atoms with van der Waals surface area (Å²) in [6.07, 6.45) is -3.03. The van der Waals surface area contributed by atoms with E-state index in [0.29, 0.717) is 36.0 Å². The summed E-state index contributed by atoms with van der Waals surface area (Å²) in [5.41, 5.74) is -0.947. The maximum absolute atomic E-state index is 13.6. The first-order valence-corrected chi connectivity index (χ1v) is 10.2. The minimum atomic E-state index is -4.58. The van der Waals surface area contributed by atoms with Crippen molar-refractivity contribution in [3.05, 3.63) is 47.5 Å². The van der Waals surface area contributed by atoms with E-state index in [1.54, 1.807) is 12.1 Å². The fourth-order valence-corrected chi connectivity index (χ4v) is 3.72. The van der Waals surface area contributed by atoms with E-state index < -0.39 is 17.6 Å². The highest BCUT2D eigenvalue weighted by Gasteiger charge is 2.34. The molecule has 0 aromatic heterocycles. The topological polar surface area (TPSA) is 47.6 Å². The lowest BCUT2D eigenvalue weighted by Crippen LogP contribution is -2.17. The molecule has 1 aliphatic rings. The highest BCUT2D eigenvalue weighted by molar-refractivity contribution is 7.99. The quantitative estimate of drug-likeness (QED) is 0.596. The maximum atomic E-state index is 13.6. The second kappa shape index (κ2) is 8.98. The van der Waals surface area contributed by atoms with Crippen LogP contribution in [0, 0.1) is 0 Å². The van der Waals surface area contributed by atoms with Crippen molar-refractivity contribution in [2.75, 3.05) is 18.5 Å². The van der Waals surface area contributed by atoms with Gasteiger partial charge in [-0.15, -0.1) is 11.8 Å². The van der Waals surface area contributed by atoms with Crippen LogP contribution in [-0.4, -0.2) is 24.4 Å². The summed E-state index contributed by atoms with van der Waals surface area (Å²) in [6.45, 7) is 4.89. The molecule has 1 N–H and O–H groups in total. The van der Waals surface area contributed by atoms with Gasteiger partial charge < -0.3 is 14.8 Å². The Balaban J connectivity index is 1.85. The largest absolute Gasteiger partial charge is 0.490 e. The zero-order valence-corrected chi connectivity index (χ0v) is 17.0. The summed E-state index contributed by atoms with van der Waals surface area (Å²) in [6, 6.07) is 8.55. The van der Waals surface area contributed by atoms with Crippen LogP contribution in [0.15, 0.2) is 41.3 Å². The lowest BCUT2D eigenvalue weighted by molar-refractivity contribution is -0.137. The molecule has 1 aliphatic heterocycles. The molecule has 1 unspecified atom stereocenters. The molecule has 2 aromatic carbocycles. The van der Waals surface area contributed by atoms with Gasteiger partial charge in [-0.25, -0.2) is 0 Å². The van der Waals surface area contributed by atoms with Crippen LogP contribution >= 0.6 is 11.8 Å². The Morgan fingerprint density at radius 2 is 1.86 bits per heavy atom. The van der Waals surface area contributed by atoms with Gasteiger partial charge in [0.1, 0.15) is 0 Å². The lowest BCUT2D eigenvalue weighted by Gasteiger charge is -2.17. The molecule has 29 heavy (non-hydrogen) atoms. The Morgan fingerprint density at radius 3 is 2.55 bits per heavy atom. The van der Waals surface area contributed by atoms with Crippen LogP contribution in [-0.2, 0) is 6.18 Å². The Labute approximate surface area is 171 Å². The molecule has 1 atom stereocenters. The van der Waals surface area contributed by atoms with Crippen molar-refractivity contribution >= 4 is 23.4 Å². The molecule has 0 radical (unpaired) electrons. The number of hydrogen-bond donors (Lipinski definition) is 1. The minimum absolute atomic E-state index is 0.193. The number of amides is 1. The van der Waals surface area contributed by atoms with Gasteiger partial charge in [0.15, 0.2) is 11.5 Å². The number of halogens is 3. The van der Waals surface area contributed by atoms with Gasteiger partial charge in [-0.1, -0.05) is 13.8 Å². The normalized spacial score (nSPS) is 14.8. The van der Waals surface area contributed by atoms with Crippen LogP contribution in [0.1, 0.15) is 42.6 Å². The second-order valence-electron chi connectivity index (χ2n) is 6.71. The van der Waals surface area contributed by atoms with Gasteiger partial charge in [-0.05, 0) is 42.8 Å². The van der Waals surface area contributed by atoms with E-state index in [-0.39, 0.29) is 16.5 Å². The summed E-state index contributed by atoms with van der Waals surface area (Å²) < 4.78 is 51.8. The van der Waals surface area contributed by atoms with Gasteiger partial charge in [0.2, 0.25) is 0 Å². The van der Waals surface area contributed by atoms with E-state index in [9.17, 15) is 18.0 Å². The third kappa shape index (κ3) is 5.38. The highest BCUT2D eigenvalue weighted by atomic mass is 32.2. The monoisotopic (exact) mass is 425 g/mol. The minimum Gasteiger partial charge on any atom is -0.490 e. The van der Waals surface area contributed by atoms with Crippen LogP contribution < -0.4 is 14.8 Å². The van der Waals surface area contributed by atoms with E-state index in [4.69, 9.17) is 9.47 Å². The van der Waals surface area contributed by atoms with Crippen LogP contribution in [0.5, 0.6) is 11.5 Å². The standard InChI is InChI=1S/C21H22F3NO3S/c1-3-13(2)29-15-6-7-17(16(12-15)21(22,23)24)25-20(26)14-5-8-18-19(11-14)28-10-4-9-27-18/h5-8,11-13H,3-4,9-10H2,1-2H3,(H,25,26). The summed E-state index contributed by atoms with van der Waals surface area (Å²) >= 11 is 1.37. The Morgan fingerprint density at radius 1 is 1.14 bits per heavy atom. The zero-order chi connectivity index (χ0) is 21.0. The number of carbonyl (C=O) groups is 1. The molecule has 8 heteroatoms. The first-order chi connectivity index (χ1) is 13.8. The highest BCUT2D eigenvalue weighted by Crippen LogP contribution is 2.39. The fourth-order valence-electron chi connectivity index (χ4n) is 2.75. The molecule has 156 valence electrons. The predicted molar refractivity (Wildman–Crippen MR) is 107 cm³/mol. The first kappa shape index (κ1) is 21.4. The Bertz CT molecular complexity index is 886. The number of anilines is 1. The molecular weight excluding hydrogens is 403 g/mol. The Hall–Kier alpha value is -2.35. The number of rotatable bonds is 5. The van der Waals surface area contributed by atoms with Gasteiger partial charge in [0.05, 0.1) is 24.5 Å². The third-order valence-corrected chi connectivity index (χ3v) is 5.73. The average molecular weight is 425 g/mol. The van der Waals surface area contributed by atoms with Crippen molar-refractivity contribution in [1.82, 2.24) is 0 Å². The van der Waals surface area contributed by atoms with Gasteiger partial charge >= 0.3 is 6.18 Å². The fraction of sp³-hybridized carbons (Fsp3) is 0.381. The summed E-state index contributed by atoms with van der Waals surface area (Å²) in [5, 5.41) is 2.58. The van der Waals surface area contributed by atoms with Crippen LogP contribution in [0.2, 0.25) is 0 Å². The number of carbonyl (C=O) groups excluding carboxylic acids is 1. The van der Waals surface area contributed by atoms with E-state index in [1.807, 2.05) is 13.8 Å². The lowest BCUT2D eigenvalue weighted by atomic mass is 10.1. The van der Waals surface area contributed by atoms with Crippen molar-refractivity contribution in [3.63, 3.8) is 0 Å². The number of benzene rings is 2. The Kier molecular flexibility index (Phi) is 6.62. The third-order valence-electron chi connectivity index (χ3n) is 4.47. The van der Waals surface area contributed by atoms with Crippen molar-refractivity contribution in [2.24, 2.45) is 0 Å².